The number of rotatable bonds is 4. The number of halogens is 3. The van der Waals surface area contributed by atoms with Gasteiger partial charge in [0.25, 0.3) is 5.91 Å². The molecule has 0 fully saturated rings. The predicted octanol–water partition coefficient (Wildman–Crippen LogP) is 3.09. The van der Waals surface area contributed by atoms with Crippen molar-refractivity contribution in [3.05, 3.63) is 63.9 Å². The van der Waals surface area contributed by atoms with Crippen LogP contribution in [0.4, 0.5) is 8.78 Å². The average molecular weight is 341 g/mol. The minimum atomic E-state index is -0.623. The van der Waals surface area contributed by atoms with Crippen molar-refractivity contribution in [1.29, 1.82) is 0 Å². The van der Waals surface area contributed by atoms with Crippen molar-refractivity contribution in [2.75, 3.05) is 6.54 Å². The summed E-state index contributed by atoms with van der Waals surface area (Å²) in [6.07, 6.45) is 3.37. The highest BCUT2D eigenvalue weighted by atomic mass is 79.9. The fraction of sp³-hybridized carbons (Fsp3) is 0.143. The molecule has 0 aliphatic carbocycles. The van der Waals surface area contributed by atoms with E-state index in [1.165, 1.54) is 18.3 Å². The lowest BCUT2D eigenvalue weighted by Gasteiger charge is -2.06. The molecule has 20 heavy (non-hydrogen) atoms. The minimum Gasteiger partial charge on any atom is -0.352 e. The largest absolute Gasteiger partial charge is 0.352 e. The smallest absolute Gasteiger partial charge is 0.252 e. The number of amides is 1. The summed E-state index contributed by atoms with van der Waals surface area (Å²) < 4.78 is 26.7. The molecule has 2 aromatic rings. The Morgan fingerprint density at radius 1 is 1.15 bits per heavy atom. The Bertz CT molecular complexity index is 614. The Hall–Kier alpha value is -1.82. The van der Waals surface area contributed by atoms with Gasteiger partial charge in [0, 0.05) is 29.5 Å². The van der Waals surface area contributed by atoms with Gasteiger partial charge in [-0.3, -0.25) is 9.78 Å². The quantitative estimate of drug-likeness (QED) is 0.929. The van der Waals surface area contributed by atoms with Gasteiger partial charge in [-0.05, 0) is 46.1 Å². The Labute approximate surface area is 123 Å². The molecular formula is C14H11BrF2N2O. The number of benzene rings is 1. The van der Waals surface area contributed by atoms with E-state index in [1.54, 1.807) is 12.3 Å². The number of carbonyl (C=O) groups is 1. The molecule has 1 amide bonds. The molecule has 1 aromatic carbocycles. The van der Waals surface area contributed by atoms with Gasteiger partial charge in [-0.1, -0.05) is 0 Å². The molecule has 0 unspecified atom stereocenters. The normalized spacial score (nSPS) is 10.3. The van der Waals surface area contributed by atoms with Gasteiger partial charge in [-0.2, -0.15) is 0 Å². The van der Waals surface area contributed by atoms with E-state index in [0.717, 1.165) is 6.07 Å². The summed E-state index contributed by atoms with van der Waals surface area (Å²) in [5, 5.41) is 2.67. The summed E-state index contributed by atoms with van der Waals surface area (Å²) in [7, 11) is 0. The highest BCUT2D eigenvalue weighted by Crippen LogP contribution is 2.10. The maximum atomic E-state index is 13.0. The van der Waals surface area contributed by atoms with Gasteiger partial charge in [0.05, 0.1) is 5.56 Å². The number of hydrogen-bond acceptors (Lipinski definition) is 2. The summed E-state index contributed by atoms with van der Waals surface area (Å²) >= 11 is 3.23. The molecule has 0 saturated carbocycles. The van der Waals surface area contributed by atoms with Crippen LogP contribution in [0.25, 0.3) is 0 Å². The van der Waals surface area contributed by atoms with E-state index in [4.69, 9.17) is 0 Å². The second-order valence-electron chi connectivity index (χ2n) is 4.18. The van der Waals surface area contributed by atoms with E-state index in [9.17, 15) is 13.6 Å². The third kappa shape index (κ3) is 4.09. The second kappa shape index (κ2) is 6.56. The van der Waals surface area contributed by atoms with Crippen LogP contribution in [0.1, 0.15) is 15.9 Å². The Kier molecular flexibility index (Phi) is 4.79. The van der Waals surface area contributed by atoms with Crippen molar-refractivity contribution in [2.24, 2.45) is 0 Å². The molecule has 0 aliphatic heterocycles. The molecule has 1 heterocycles. The molecular weight excluding hydrogens is 330 g/mol. The molecule has 3 nitrogen and oxygen atoms in total. The lowest BCUT2D eigenvalue weighted by Crippen LogP contribution is -2.25. The molecule has 104 valence electrons. The molecule has 6 heteroatoms. The van der Waals surface area contributed by atoms with Crippen LogP contribution >= 0.6 is 15.9 Å². The Morgan fingerprint density at radius 3 is 2.50 bits per heavy atom. The fourth-order valence-electron chi connectivity index (χ4n) is 1.71. The van der Waals surface area contributed by atoms with Crippen LogP contribution in [0.5, 0.6) is 0 Å². The van der Waals surface area contributed by atoms with E-state index < -0.39 is 11.6 Å². The van der Waals surface area contributed by atoms with E-state index in [2.05, 4.69) is 26.2 Å². The zero-order valence-electron chi connectivity index (χ0n) is 10.4. The first-order valence-electron chi connectivity index (χ1n) is 5.88. The maximum Gasteiger partial charge on any atom is 0.252 e. The van der Waals surface area contributed by atoms with Gasteiger partial charge in [0.2, 0.25) is 0 Å². The fourth-order valence-corrected chi connectivity index (χ4v) is 2.08. The zero-order valence-corrected chi connectivity index (χ0v) is 12.0. The first-order chi connectivity index (χ1) is 9.54. The molecule has 0 aliphatic rings. The van der Waals surface area contributed by atoms with Gasteiger partial charge in [0.15, 0.2) is 0 Å². The lowest BCUT2D eigenvalue weighted by atomic mass is 10.1. The summed E-state index contributed by atoms with van der Waals surface area (Å²) in [4.78, 5) is 15.7. The first kappa shape index (κ1) is 14.6. The number of nitrogens with one attached hydrogen (secondary N) is 1. The van der Waals surface area contributed by atoms with E-state index in [0.29, 0.717) is 22.0 Å². The maximum absolute atomic E-state index is 13.0. The van der Waals surface area contributed by atoms with Crippen LogP contribution in [0.2, 0.25) is 0 Å². The number of nitrogens with zero attached hydrogens (tertiary/aromatic N) is 1. The van der Waals surface area contributed by atoms with Crippen LogP contribution in [0.15, 0.2) is 41.1 Å². The summed E-state index contributed by atoms with van der Waals surface area (Å²) in [6.45, 7) is 0.286. The van der Waals surface area contributed by atoms with Crippen LogP contribution in [-0.4, -0.2) is 17.4 Å². The highest BCUT2D eigenvalue weighted by molar-refractivity contribution is 9.10. The van der Waals surface area contributed by atoms with Gasteiger partial charge in [-0.15, -0.1) is 0 Å². The lowest BCUT2D eigenvalue weighted by molar-refractivity contribution is 0.0953. The van der Waals surface area contributed by atoms with Gasteiger partial charge >= 0.3 is 0 Å². The standard InChI is InChI=1S/C14H11BrF2N2O/c15-11-5-10(7-18-8-11)14(20)19-2-1-9-3-12(16)6-13(17)4-9/h3-8H,1-2H2,(H,19,20). The van der Waals surface area contributed by atoms with Crippen molar-refractivity contribution < 1.29 is 13.6 Å². The van der Waals surface area contributed by atoms with Crippen LogP contribution in [0, 0.1) is 11.6 Å². The van der Waals surface area contributed by atoms with E-state index >= 15 is 0 Å². The van der Waals surface area contributed by atoms with Crippen molar-refractivity contribution in [3.8, 4) is 0 Å². The Morgan fingerprint density at radius 2 is 1.85 bits per heavy atom. The van der Waals surface area contributed by atoms with Gasteiger partial charge in [-0.25, -0.2) is 8.78 Å². The van der Waals surface area contributed by atoms with Gasteiger partial charge in [0.1, 0.15) is 11.6 Å². The highest BCUT2D eigenvalue weighted by Gasteiger charge is 2.06. The molecule has 0 atom stereocenters. The second-order valence-corrected chi connectivity index (χ2v) is 5.09. The van der Waals surface area contributed by atoms with Gasteiger partial charge < -0.3 is 5.32 Å². The van der Waals surface area contributed by atoms with Crippen LogP contribution < -0.4 is 5.32 Å². The Balaban J connectivity index is 1.91. The minimum absolute atomic E-state index is 0.282. The molecule has 0 spiro atoms. The van der Waals surface area contributed by atoms with Crippen LogP contribution in [-0.2, 0) is 6.42 Å². The number of hydrogen-bond donors (Lipinski definition) is 1. The molecule has 0 bridgehead atoms. The van der Waals surface area contributed by atoms with Crippen molar-refractivity contribution in [1.82, 2.24) is 10.3 Å². The number of pyridine rings is 1. The topological polar surface area (TPSA) is 42.0 Å². The van der Waals surface area contributed by atoms with Crippen molar-refractivity contribution in [2.45, 2.75) is 6.42 Å². The monoisotopic (exact) mass is 340 g/mol. The summed E-state index contributed by atoms with van der Waals surface area (Å²) in [6, 6.07) is 4.95. The molecule has 0 radical (unpaired) electrons. The van der Waals surface area contributed by atoms with Crippen molar-refractivity contribution >= 4 is 21.8 Å². The summed E-state index contributed by atoms with van der Waals surface area (Å²) in [5.74, 6) is -1.53. The zero-order chi connectivity index (χ0) is 14.5. The third-order valence-electron chi connectivity index (χ3n) is 2.59. The van der Waals surface area contributed by atoms with E-state index in [-0.39, 0.29) is 12.5 Å². The number of carbonyl (C=O) groups excluding carboxylic acids is 1. The average Bonchev–Trinajstić information content (AvgIpc) is 2.37. The first-order valence-corrected chi connectivity index (χ1v) is 6.67. The van der Waals surface area contributed by atoms with Crippen LogP contribution in [0.3, 0.4) is 0 Å². The third-order valence-corrected chi connectivity index (χ3v) is 3.02. The molecule has 1 N–H and O–H groups in total. The SMILES string of the molecule is O=C(NCCc1cc(F)cc(F)c1)c1cncc(Br)c1. The predicted molar refractivity (Wildman–Crippen MR) is 74.3 cm³/mol. The van der Waals surface area contributed by atoms with E-state index in [1.807, 2.05) is 0 Å². The molecule has 2 rings (SSSR count). The molecule has 1 aromatic heterocycles. The van der Waals surface area contributed by atoms with Crippen molar-refractivity contribution in [3.63, 3.8) is 0 Å². The molecule has 0 saturated heterocycles. The number of aromatic nitrogens is 1. The summed E-state index contributed by atoms with van der Waals surface area (Å²) in [5.41, 5.74) is 0.917.